The maximum atomic E-state index is 11.2. The lowest BCUT2D eigenvalue weighted by molar-refractivity contribution is 0.0155. The number of amides is 1. The first-order chi connectivity index (χ1) is 12.4. The van der Waals surface area contributed by atoms with Gasteiger partial charge in [0.2, 0.25) is 0 Å². The fourth-order valence-electron chi connectivity index (χ4n) is 4.03. The minimum absolute atomic E-state index is 0.0524. The van der Waals surface area contributed by atoms with Crippen LogP contribution in [0.1, 0.15) is 37.9 Å². The van der Waals surface area contributed by atoms with Gasteiger partial charge in [-0.1, -0.05) is 81.4 Å². The Morgan fingerprint density at radius 3 is 1.85 bits per heavy atom. The Kier molecular flexibility index (Phi) is 5.33. The van der Waals surface area contributed by atoms with Crippen LogP contribution in [-0.4, -0.2) is 35.2 Å². The van der Waals surface area contributed by atoms with Crippen molar-refractivity contribution in [3.8, 4) is 0 Å². The van der Waals surface area contributed by atoms with Gasteiger partial charge in [0.25, 0.3) is 0 Å². The lowest BCUT2D eigenvalue weighted by atomic mass is 9.74. The molecule has 0 spiro atoms. The highest BCUT2D eigenvalue weighted by atomic mass is 16.4. The van der Waals surface area contributed by atoms with Crippen molar-refractivity contribution in [1.29, 1.82) is 0 Å². The van der Waals surface area contributed by atoms with E-state index in [1.54, 1.807) is 0 Å². The molecular weight excluding hydrogens is 324 g/mol. The Morgan fingerprint density at radius 2 is 1.46 bits per heavy atom. The number of rotatable bonds is 5. The summed E-state index contributed by atoms with van der Waals surface area (Å²) in [6.07, 6.45) is -0.939. The highest BCUT2D eigenvalue weighted by Crippen LogP contribution is 2.38. The summed E-state index contributed by atoms with van der Waals surface area (Å²) in [7, 11) is 0. The molecule has 0 saturated carbocycles. The normalized spacial score (nSPS) is 16.9. The van der Waals surface area contributed by atoms with E-state index < -0.39 is 6.09 Å². The van der Waals surface area contributed by atoms with Crippen LogP contribution in [0.25, 0.3) is 0 Å². The predicted octanol–water partition coefficient (Wildman–Crippen LogP) is 4.39. The van der Waals surface area contributed by atoms with Crippen LogP contribution in [0.5, 0.6) is 0 Å². The molecule has 1 unspecified atom stereocenters. The molecule has 1 fully saturated rings. The topological polar surface area (TPSA) is 52.6 Å². The van der Waals surface area contributed by atoms with E-state index in [-0.39, 0.29) is 17.5 Å². The number of likely N-dealkylation sites (tertiary alicyclic amines) is 1. The minimum Gasteiger partial charge on any atom is -0.465 e. The number of hydrogen-bond donors (Lipinski definition) is 2. The van der Waals surface area contributed by atoms with Crippen molar-refractivity contribution >= 4 is 6.09 Å². The quantitative estimate of drug-likeness (QED) is 0.839. The third-order valence-corrected chi connectivity index (χ3v) is 5.22. The second-order valence-corrected chi connectivity index (χ2v) is 8.23. The third kappa shape index (κ3) is 4.07. The molecule has 4 nitrogen and oxygen atoms in total. The molecule has 0 radical (unpaired) electrons. The van der Waals surface area contributed by atoms with Crippen molar-refractivity contribution in [2.45, 2.75) is 32.9 Å². The SMILES string of the molecule is CC(C)(C)C(NC(=O)O)C1CN(C(c2ccccc2)c2ccccc2)C1. The molecule has 3 rings (SSSR count). The van der Waals surface area contributed by atoms with E-state index >= 15 is 0 Å². The number of nitrogens with zero attached hydrogens (tertiary/aromatic N) is 1. The molecule has 2 aromatic rings. The molecule has 4 heteroatoms. The van der Waals surface area contributed by atoms with Gasteiger partial charge in [0.15, 0.2) is 0 Å². The number of carboxylic acid groups (broad SMARTS) is 1. The largest absolute Gasteiger partial charge is 0.465 e. The van der Waals surface area contributed by atoms with E-state index in [0.717, 1.165) is 13.1 Å². The second kappa shape index (κ2) is 7.50. The van der Waals surface area contributed by atoms with Gasteiger partial charge in [-0.2, -0.15) is 0 Å². The van der Waals surface area contributed by atoms with Gasteiger partial charge in [-0.05, 0) is 16.5 Å². The molecule has 1 saturated heterocycles. The van der Waals surface area contributed by atoms with Crippen LogP contribution in [0.2, 0.25) is 0 Å². The lowest BCUT2D eigenvalue weighted by Gasteiger charge is -2.50. The summed E-state index contributed by atoms with van der Waals surface area (Å²) < 4.78 is 0. The Labute approximate surface area is 155 Å². The fraction of sp³-hybridized carbons (Fsp3) is 0.409. The first-order valence-corrected chi connectivity index (χ1v) is 9.19. The van der Waals surface area contributed by atoms with Crippen molar-refractivity contribution in [1.82, 2.24) is 10.2 Å². The molecule has 1 aliphatic heterocycles. The Balaban J connectivity index is 1.80. The van der Waals surface area contributed by atoms with Crippen LogP contribution >= 0.6 is 0 Å². The van der Waals surface area contributed by atoms with E-state index in [1.807, 2.05) is 12.1 Å². The van der Waals surface area contributed by atoms with Gasteiger partial charge in [-0.3, -0.25) is 4.90 Å². The van der Waals surface area contributed by atoms with Gasteiger partial charge in [-0.15, -0.1) is 0 Å². The van der Waals surface area contributed by atoms with Gasteiger partial charge >= 0.3 is 6.09 Å². The summed E-state index contributed by atoms with van der Waals surface area (Å²) in [5, 5.41) is 12.0. The van der Waals surface area contributed by atoms with Gasteiger partial charge in [0.1, 0.15) is 0 Å². The van der Waals surface area contributed by atoms with E-state index in [9.17, 15) is 9.90 Å². The lowest BCUT2D eigenvalue weighted by Crippen LogP contribution is -2.61. The minimum atomic E-state index is -0.939. The first kappa shape index (κ1) is 18.5. The molecule has 2 N–H and O–H groups in total. The monoisotopic (exact) mass is 352 g/mol. The van der Waals surface area contributed by atoms with Crippen molar-refractivity contribution in [3.63, 3.8) is 0 Å². The third-order valence-electron chi connectivity index (χ3n) is 5.22. The number of benzene rings is 2. The zero-order valence-electron chi connectivity index (χ0n) is 15.7. The Bertz CT molecular complexity index is 679. The summed E-state index contributed by atoms with van der Waals surface area (Å²) in [6.45, 7) is 8.07. The number of nitrogens with one attached hydrogen (secondary N) is 1. The summed E-state index contributed by atoms with van der Waals surface area (Å²) >= 11 is 0. The maximum Gasteiger partial charge on any atom is 0.404 e. The Morgan fingerprint density at radius 1 is 1.00 bits per heavy atom. The van der Waals surface area contributed by atoms with E-state index in [4.69, 9.17) is 0 Å². The molecule has 0 aliphatic carbocycles. The fourth-order valence-corrected chi connectivity index (χ4v) is 4.03. The average Bonchev–Trinajstić information content (AvgIpc) is 2.56. The molecule has 1 heterocycles. The van der Waals surface area contributed by atoms with Crippen molar-refractivity contribution < 1.29 is 9.90 Å². The second-order valence-electron chi connectivity index (χ2n) is 8.23. The van der Waals surface area contributed by atoms with E-state index in [0.29, 0.717) is 5.92 Å². The first-order valence-electron chi connectivity index (χ1n) is 9.19. The Hall–Kier alpha value is -2.33. The van der Waals surface area contributed by atoms with Crippen LogP contribution in [-0.2, 0) is 0 Å². The van der Waals surface area contributed by atoms with Crippen molar-refractivity contribution in [3.05, 3.63) is 71.8 Å². The highest BCUT2D eigenvalue weighted by molar-refractivity contribution is 5.65. The molecule has 0 aromatic heterocycles. The molecular formula is C22H28N2O2. The molecule has 1 aliphatic rings. The van der Waals surface area contributed by atoms with Crippen LogP contribution in [0.15, 0.2) is 60.7 Å². The van der Waals surface area contributed by atoms with Gasteiger partial charge in [-0.25, -0.2) is 4.79 Å². The highest BCUT2D eigenvalue weighted by Gasteiger charge is 2.43. The molecule has 138 valence electrons. The molecule has 26 heavy (non-hydrogen) atoms. The van der Waals surface area contributed by atoms with Crippen LogP contribution in [0.4, 0.5) is 4.79 Å². The van der Waals surface area contributed by atoms with Crippen LogP contribution < -0.4 is 5.32 Å². The molecule has 1 amide bonds. The summed E-state index contributed by atoms with van der Waals surface area (Å²) in [6, 6.07) is 21.2. The summed E-state index contributed by atoms with van der Waals surface area (Å²) in [5.74, 6) is 0.320. The molecule has 0 bridgehead atoms. The zero-order valence-corrected chi connectivity index (χ0v) is 15.7. The molecule has 1 atom stereocenters. The zero-order chi connectivity index (χ0) is 18.7. The van der Waals surface area contributed by atoms with Crippen LogP contribution in [0, 0.1) is 11.3 Å². The number of carbonyl (C=O) groups is 1. The van der Waals surface area contributed by atoms with E-state index in [1.165, 1.54) is 11.1 Å². The van der Waals surface area contributed by atoms with Crippen molar-refractivity contribution in [2.75, 3.05) is 13.1 Å². The predicted molar refractivity (Wildman–Crippen MR) is 104 cm³/mol. The van der Waals surface area contributed by atoms with Gasteiger partial charge in [0, 0.05) is 25.0 Å². The standard InChI is InChI=1S/C22H28N2O2/c1-22(2,3)20(23-21(25)26)18-14-24(15-18)19(16-10-6-4-7-11-16)17-12-8-5-9-13-17/h4-13,18-20,23H,14-15H2,1-3H3,(H,25,26). The summed E-state index contributed by atoms with van der Waals surface area (Å²) in [4.78, 5) is 13.7. The maximum absolute atomic E-state index is 11.2. The summed E-state index contributed by atoms with van der Waals surface area (Å²) in [5.41, 5.74) is 2.44. The van der Waals surface area contributed by atoms with Crippen molar-refractivity contribution in [2.24, 2.45) is 11.3 Å². The van der Waals surface area contributed by atoms with Crippen LogP contribution in [0.3, 0.4) is 0 Å². The molecule has 2 aromatic carbocycles. The average molecular weight is 352 g/mol. The number of hydrogen-bond acceptors (Lipinski definition) is 2. The van der Waals surface area contributed by atoms with Gasteiger partial charge in [0.05, 0.1) is 6.04 Å². The smallest absolute Gasteiger partial charge is 0.404 e. The van der Waals surface area contributed by atoms with Gasteiger partial charge < -0.3 is 10.4 Å². The van der Waals surface area contributed by atoms with E-state index in [2.05, 4.69) is 79.5 Å².